The largest absolute Gasteiger partial charge is 0.489 e. The molecular weight excluding hydrogens is 405 g/mol. The van der Waals surface area contributed by atoms with Crippen LogP contribution in [0, 0.1) is 0 Å². The van der Waals surface area contributed by atoms with Crippen molar-refractivity contribution in [2.45, 2.75) is 24.5 Å². The molecule has 1 fully saturated rings. The number of amides is 2. The van der Waals surface area contributed by atoms with E-state index >= 15 is 0 Å². The van der Waals surface area contributed by atoms with Crippen molar-refractivity contribution in [1.29, 1.82) is 0 Å². The molecule has 1 atom stereocenters. The van der Waals surface area contributed by atoms with Gasteiger partial charge in [0.15, 0.2) is 0 Å². The Kier molecular flexibility index (Phi) is 4.99. The lowest BCUT2D eigenvalue weighted by Gasteiger charge is -2.13. The van der Waals surface area contributed by atoms with Gasteiger partial charge in [-0.2, -0.15) is 13.2 Å². The molecule has 2 aromatic carbocycles. The molecule has 1 aliphatic heterocycles. The predicted octanol–water partition coefficient (Wildman–Crippen LogP) is 4.66. The molecule has 1 aromatic heterocycles. The Morgan fingerprint density at radius 3 is 2.59 bits per heavy atom. The van der Waals surface area contributed by atoms with Crippen LogP contribution in [0.1, 0.15) is 16.8 Å². The molecule has 0 saturated carbocycles. The van der Waals surface area contributed by atoms with Gasteiger partial charge in [0.1, 0.15) is 12.4 Å². The highest BCUT2D eigenvalue weighted by atomic mass is 32.2. The van der Waals surface area contributed by atoms with E-state index in [-0.39, 0.29) is 23.3 Å². The fraction of sp³-hybridized carbons (Fsp3) is 0.200. The third-order valence-corrected chi connectivity index (χ3v) is 5.52. The van der Waals surface area contributed by atoms with Gasteiger partial charge in [-0.25, -0.2) is 0 Å². The van der Waals surface area contributed by atoms with Gasteiger partial charge in [-0.3, -0.25) is 14.9 Å². The number of H-pyrrole nitrogens is 1. The van der Waals surface area contributed by atoms with Crippen LogP contribution in [0.15, 0.2) is 48.5 Å². The SMILES string of the molecule is O=C1NC(=O)C(Cc2cc3cc(OCc4ccccc4C(F)(F)F)ccc3[nH]2)S1. The number of fused-ring (bicyclic) bond motifs is 1. The Morgan fingerprint density at radius 1 is 1.07 bits per heavy atom. The Balaban J connectivity index is 1.49. The van der Waals surface area contributed by atoms with Gasteiger partial charge >= 0.3 is 6.18 Å². The highest BCUT2D eigenvalue weighted by Crippen LogP contribution is 2.33. The van der Waals surface area contributed by atoms with Gasteiger partial charge in [-0.1, -0.05) is 30.0 Å². The summed E-state index contributed by atoms with van der Waals surface area (Å²) in [6.45, 7) is -0.209. The zero-order chi connectivity index (χ0) is 20.6. The molecule has 2 heterocycles. The molecule has 150 valence electrons. The molecule has 0 spiro atoms. The van der Waals surface area contributed by atoms with Crippen molar-refractivity contribution in [3.05, 3.63) is 65.4 Å². The molecule has 29 heavy (non-hydrogen) atoms. The number of benzene rings is 2. The average Bonchev–Trinajstić information content (AvgIpc) is 3.20. The minimum absolute atomic E-state index is 0.0591. The molecule has 2 N–H and O–H groups in total. The smallest absolute Gasteiger partial charge is 0.416 e. The Bertz CT molecular complexity index is 1090. The van der Waals surface area contributed by atoms with Gasteiger partial charge in [0, 0.05) is 28.6 Å². The minimum Gasteiger partial charge on any atom is -0.489 e. The summed E-state index contributed by atoms with van der Waals surface area (Å²) in [6, 6.07) is 12.3. The van der Waals surface area contributed by atoms with E-state index in [9.17, 15) is 22.8 Å². The molecule has 3 aromatic rings. The van der Waals surface area contributed by atoms with E-state index in [0.29, 0.717) is 12.2 Å². The first-order valence-corrected chi connectivity index (χ1v) is 9.58. The fourth-order valence-electron chi connectivity index (χ4n) is 3.18. The van der Waals surface area contributed by atoms with Gasteiger partial charge in [-0.15, -0.1) is 0 Å². The van der Waals surface area contributed by atoms with E-state index in [2.05, 4.69) is 10.3 Å². The zero-order valence-corrected chi connectivity index (χ0v) is 15.7. The highest BCUT2D eigenvalue weighted by molar-refractivity contribution is 8.15. The zero-order valence-electron chi connectivity index (χ0n) is 14.9. The maximum atomic E-state index is 13.1. The van der Waals surface area contributed by atoms with E-state index in [1.807, 2.05) is 6.07 Å². The van der Waals surface area contributed by atoms with Crippen molar-refractivity contribution < 1.29 is 27.5 Å². The van der Waals surface area contributed by atoms with Crippen LogP contribution in [-0.2, 0) is 24.0 Å². The van der Waals surface area contributed by atoms with Crippen LogP contribution in [-0.4, -0.2) is 21.4 Å². The lowest BCUT2D eigenvalue weighted by atomic mass is 10.1. The summed E-state index contributed by atoms with van der Waals surface area (Å²) in [5.74, 6) is 0.120. The molecular formula is C20H15F3N2O3S. The third-order valence-electron chi connectivity index (χ3n) is 4.54. The number of rotatable bonds is 5. The number of nitrogens with one attached hydrogen (secondary N) is 2. The number of ether oxygens (including phenoxy) is 1. The van der Waals surface area contributed by atoms with Crippen LogP contribution in [0.2, 0.25) is 0 Å². The standard InChI is InChI=1S/C20H15F3N2O3S/c21-20(22,23)15-4-2-1-3-11(15)10-28-14-5-6-16-12(8-14)7-13(24-16)9-17-18(26)25-19(27)29-17/h1-8,17,24H,9-10H2,(H,25,26,27). The minimum atomic E-state index is -4.44. The average molecular weight is 420 g/mol. The lowest BCUT2D eigenvalue weighted by molar-refractivity contribution is -0.138. The summed E-state index contributed by atoms with van der Waals surface area (Å²) in [7, 11) is 0. The van der Waals surface area contributed by atoms with Gasteiger partial charge in [0.2, 0.25) is 5.91 Å². The molecule has 1 aliphatic rings. The monoisotopic (exact) mass is 420 g/mol. The van der Waals surface area contributed by atoms with Crippen molar-refractivity contribution >= 4 is 33.8 Å². The Morgan fingerprint density at radius 2 is 1.86 bits per heavy atom. The van der Waals surface area contributed by atoms with Gasteiger partial charge in [0.25, 0.3) is 5.24 Å². The number of imide groups is 1. The molecule has 5 nitrogen and oxygen atoms in total. The number of carbonyl (C=O) groups excluding carboxylic acids is 2. The van der Waals surface area contributed by atoms with Gasteiger partial charge < -0.3 is 9.72 Å². The van der Waals surface area contributed by atoms with Crippen LogP contribution >= 0.6 is 11.8 Å². The van der Waals surface area contributed by atoms with E-state index in [4.69, 9.17) is 4.74 Å². The quantitative estimate of drug-likeness (QED) is 0.630. The van der Waals surface area contributed by atoms with Crippen molar-refractivity contribution in [2.24, 2.45) is 0 Å². The number of carbonyl (C=O) groups is 2. The van der Waals surface area contributed by atoms with E-state index in [1.54, 1.807) is 18.2 Å². The fourth-order valence-corrected chi connectivity index (χ4v) is 4.03. The van der Waals surface area contributed by atoms with Crippen molar-refractivity contribution in [3.63, 3.8) is 0 Å². The summed E-state index contributed by atoms with van der Waals surface area (Å²) < 4.78 is 44.9. The number of aromatic amines is 1. The summed E-state index contributed by atoms with van der Waals surface area (Å²) >= 11 is 0.954. The van der Waals surface area contributed by atoms with Crippen LogP contribution in [0.25, 0.3) is 10.9 Å². The second kappa shape index (κ2) is 7.47. The van der Waals surface area contributed by atoms with Crippen molar-refractivity contribution in [2.75, 3.05) is 0 Å². The molecule has 1 unspecified atom stereocenters. The molecule has 9 heteroatoms. The van der Waals surface area contributed by atoms with E-state index in [1.165, 1.54) is 18.2 Å². The molecule has 0 aliphatic carbocycles. The Labute approximate surface area is 167 Å². The number of thioether (sulfide) groups is 1. The van der Waals surface area contributed by atoms with Crippen LogP contribution in [0.5, 0.6) is 5.75 Å². The second-order valence-electron chi connectivity index (χ2n) is 6.57. The Hall–Kier alpha value is -2.94. The third kappa shape index (κ3) is 4.24. The number of aromatic nitrogens is 1. The summed E-state index contributed by atoms with van der Waals surface area (Å²) in [6.07, 6.45) is -4.07. The predicted molar refractivity (Wildman–Crippen MR) is 103 cm³/mol. The number of hydrogen-bond acceptors (Lipinski definition) is 4. The van der Waals surface area contributed by atoms with Crippen LogP contribution in [0.3, 0.4) is 0 Å². The number of alkyl halides is 3. The van der Waals surface area contributed by atoms with Crippen molar-refractivity contribution in [1.82, 2.24) is 10.3 Å². The van der Waals surface area contributed by atoms with Gasteiger partial charge in [-0.05, 0) is 30.3 Å². The topological polar surface area (TPSA) is 71.2 Å². The summed E-state index contributed by atoms with van der Waals surface area (Å²) in [5, 5.41) is 2.21. The number of halogens is 3. The van der Waals surface area contributed by atoms with E-state index < -0.39 is 17.0 Å². The first kappa shape index (κ1) is 19.4. The molecule has 0 radical (unpaired) electrons. The first-order valence-electron chi connectivity index (χ1n) is 8.70. The molecule has 4 rings (SSSR count). The van der Waals surface area contributed by atoms with Gasteiger partial charge in [0.05, 0.1) is 10.8 Å². The molecule has 0 bridgehead atoms. The summed E-state index contributed by atoms with van der Waals surface area (Å²) in [5.41, 5.74) is 0.926. The van der Waals surface area contributed by atoms with Crippen LogP contribution < -0.4 is 10.1 Å². The normalized spacial score (nSPS) is 17.0. The maximum Gasteiger partial charge on any atom is 0.416 e. The molecule has 1 saturated heterocycles. The van der Waals surface area contributed by atoms with Crippen molar-refractivity contribution in [3.8, 4) is 5.75 Å². The first-order chi connectivity index (χ1) is 13.8. The maximum absolute atomic E-state index is 13.1. The summed E-state index contributed by atoms with van der Waals surface area (Å²) in [4.78, 5) is 26.2. The lowest BCUT2D eigenvalue weighted by Crippen LogP contribution is -2.25. The van der Waals surface area contributed by atoms with Crippen LogP contribution in [0.4, 0.5) is 18.0 Å². The highest BCUT2D eigenvalue weighted by Gasteiger charge is 2.33. The number of hydrogen-bond donors (Lipinski definition) is 2. The second-order valence-corrected chi connectivity index (χ2v) is 7.75. The van der Waals surface area contributed by atoms with E-state index in [0.717, 1.165) is 34.4 Å². The molecule has 2 amide bonds.